The molecule has 1 aliphatic rings. The first-order chi connectivity index (χ1) is 13.6. The van der Waals surface area contributed by atoms with Gasteiger partial charge in [0.05, 0.1) is 7.11 Å². The van der Waals surface area contributed by atoms with Crippen molar-refractivity contribution in [3.05, 3.63) is 69.0 Å². The Labute approximate surface area is 169 Å². The van der Waals surface area contributed by atoms with Crippen LogP contribution in [-0.2, 0) is 12.8 Å². The summed E-state index contributed by atoms with van der Waals surface area (Å²) in [5.41, 5.74) is 4.15. The van der Waals surface area contributed by atoms with Crippen LogP contribution >= 0.6 is 11.3 Å². The molecule has 1 atom stereocenters. The van der Waals surface area contributed by atoms with E-state index in [0.717, 1.165) is 41.8 Å². The maximum absolute atomic E-state index is 11.4. The number of nitrogens with zero attached hydrogens (tertiary/aromatic N) is 2. The van der Waals surface area contributed by atoms with Crippen LogP contribution in [0.15, 0.2) is 47.4 Å². The summed E-state index contributed by atoms with van der Waals surface area (Å²) in [5.74, 6) is 1.61. The molecule has 4 rings (SSSR count). The Morgan fingerprint density at radius 3 is 3.04 bits per heavy atom. The SMILES string of the molecule is COc1cccc2c1CCCC2CN(C)CCc1ccc2sc(=O)ncc2c1. The standard InChI is InChI=1S/C23H26N2O2S/c1-25(12-11-16-9-10-22-18(13-16)14-24-23(26)28-22)15-17-5-3-7-20-19(17)6-4-8-21(20)27-2/h4,6,8-10,13-14,17H,3,5,7,11-12,15H2,1-2H3. The van der Waals surface area contributed by atoms with Gasteiger partial charge in [-0.25, -0.2) is 4.98 Å². The Morgan fingerprint density at radius 2 is 2.18 bits per heavy atom. The van der Waals surface area contributed by atoms with Crippen LogP contribution in [0.4, 0.5) is 0 Å². The average molecular weight is 395 g/mol. The Hall–Kier alpha value is -2.24. The lowest BCUT2D eigenvalue weighted by molar-refractivity contribution is 0.299. The number of rotatable bonds is 6. The second kappa shape index (κ2) is 8.41. The van der Waals surface area contributed by atoms with Gasteiger partial charge in [-0.15, -0.1) is 0 Å². The molecular formula is C23H26N2O2S. The predicted molar refractivity (Wildman–Crippen MR) is 116 cm³/mol. The first-order valence-corrected chi connectivity index (χ1v) is 10.7. The van der Waals surface area contributed by atoms with Gasteiger partial charge in [-0.05, 0) is 73.5 Å². The Kier molecular flexibility index (Phi) is 5.74. The third-order valence-corrected chi connectivity index (χ3v) is 6.57. The van der Waals surface area contributed by atoms with Gasteiger partial charge in [0.15, 0.2) is 0 Å². The number of hydrogen-bond acceptors (Lipinski definition) is 5. The molecule has 0 N–H and O–H groups in total. The summed E-state index contributed by atoms with van der Waals surface area (Å²) in [5, 5.41) is 1.05. The molecule has 0 aliphatic heterocycles. The lowest BCUT2D eigenvalue weighted by atomic mass is 9.82. The molecule has 0 bridgehead atoms. The molecule has 0 radical (unpaired) electrons. The fourth-order valence-corrected chi connectivity index (χ4v) is 4.93. The highest BCUT2D eigenvalue weighted by Crippen LogP contribution is 2.36. The molecule has 4 nitrogen and oxygen atoms in total. The summed E-state index contributed by atoms with van der Waals surface area (Å²) in [6, 6.07) is 12.8. The molecule has 0 saturated carbocycles. The third-order valence-electron chi connectivity index (χ3n) is 5.70. The van der Waals surface area contributed by atoms with Crippen molar-refractivity contribution >= 4 is 21.4 Å². The molecule has 1 aromatic heterocycles. The number of likely N-dealkylation sites (N-methyl/N-ethyl adjacent to an activating group) is 1. The molecule has 5 heteroatoms. The summed E-state index contributed by atoms with van der Waals surface area (Å²) in [7, 11) is 3.98. The van der Waals surface area contributed by atoms with Gasteiger partial charge in [-0.3, -0.25) is 4.79 Å². The van der Waals surface area contributed by atoms with Crippen LogP contribution in [-0.4, -0.2) is 37.1 Å². The van der Waals surface area contributed by atoms with Crippen LogP contribution in [0.5, 0.6) is 5.75 Å². The van der Waals surface area contributed by atoms with Gasteiger partial charge >= 0.3 is 4.87 Å². The lowest BCUT2D eigenvalue weighted by Crippen LogP contribution is -2.28. The smallest absolute Gasteiger partial charge is 0.326 e. The van der Waals surface area contributed by atoms with E-state index < -0.39 is 0 Å². The van der Waals surface area contributed by atoms with Crippen molar-refractivity contribution in [3.63, 3.8) is 0 Å². The van der Waals surface area contributed by atoms with E-state index in [4.69, 9.17) is 4.74 Å². The zero-order chi connectivity index (χ0) is 19.5. The van der Waals surface area contributed by atoms with Crippen molar-refractivity contribution in [2.45, 2.75) is 31.6 Å². The van der Waals surface area contributed by atoms with Crippen molar-refractivity contribution in [3.8, 4) is 5.75 Å². The number of fused-ring (bicyclic) bond motifs is 2. The minimum Gasteiger partial charge on any atom is -0.496 e. The molecule has 146 valence electrons. The number of aromatic nitrogens is 1. The summed E-state index contributed by atoms with van der Waals surface area (Å²) in [6.07, 6.45) is 6.27. The Bertz CT molecular complexity index is 1030. The minimum absolute atomic E-state index is 0.135. The predicted octanol–water partition coefficient (Wildman–Crippen LogP) is 4.26. The van der Waals surface area contributed by atoms with Gasteiger partial charge in [0.2, 0.25) is 0 Å². The van der Waals surface area contributed by atoms with Gasteiger partial charge < -0.3 is 9.64 Å². The topological polar surface area (TPSA) is 42.4 Å². The molecule has 0 saturated heterocycles. The molecular weight excluding hydrogens is 368 g/mol. The Morgan fingerprint density at radius 1 is 1.29 bits per heavy atom. The number of hydrogen-bond donors (Lipinski definition) is 0. The van der Waals surface area contributed by atoms with E-state index in [-0.39, 0.29) is 4.87 Å². The molecule has 1 heterocycles. The summed E-state index contributed by atoms with van der Waals surface area (Å²) in [4.78, 5) is 17.6. The highest BCUT2D eigenvalue weighted by atomic mass is 32.1. The minimum atomic E-state index is -0.135. The van der Waals surface area contributed by atoms with E-state index in [1.54, 1.807) is 13.3 Å². The summed E-state index contributed by atoms with van der Waals surface area (Å²) in [6.45, 7) is 2.08. The molecule has 3 aromatic rings. The third kappa shape index (κ3) is 4.10. The summed E-state index contributed by atoms with van der Waals surface area (Å²) < 4.78 is 6.58. The number of benzene rings is 2. The fraction of sp³-hybridized carbons (Fsp3) is 0.391. The van der Waals surface area contributed by atoms with Crippen molar-refractivity contribution < 1.29 is 4.74 Å². The van der Waals surface area contributed by atoms with Gasteiger partial charge in [0, 0.05) is 29.4 Å². The van der Waals surface area contributed by atoms with Crippen molar-refractivity contribution in [1.29, 1.82) is 0 Å². The van der Waals surface area contributed by atoms with Crippen molar-refractivity contribution in [1.82, 2.24) is 9.88 Å². The van der Waals surface area contributed by atoms with Gasteiger partial charge in [0.1, 0.15) is 5.75 Å². The molecule has 0 amide bonds. The monoisotopic (exact) mass is 394 g/mol. The van der Waals surface area contributed by atoms with Crippen LogP contribution < -0.4 is 9.61 Å². The van der Waals surface area contributed by atoms with Crippen molar-refractivity contribution in [2.75, 3.05) is 27.2 Å². The van der Waals surface area contributed by atoms with E-state index in [0.29, 0.717) is 5.92 Å². The Balaban J connectivity index is 1.41. The van der Waals surface area contributed by atoms with Gasteiger partial charge in [0.25, 0.3) is 0 Å². The maximum Gasteiger partial charge on any atom is 0.326 e. The van der Waals surface area contributed by atoms with E-state index >= 15 is 0 Å². The van der Waals surface area contributed by atoms with Crippen molar-refractivity contribution in [2.24, 2.45) is 0 Å². The molecule has 28 heavy (non-hydrogen) atoms. The lowest BCUT2D eigenvalue weighted by Gasteiger charge is -2.30. The summed E-state index contributed by atoms with van der Waals surface area (Å²) >= 11 is 1.21. The molecule has 1 aliphatic carbocycles. The largest absolute Gasteiger partial charge is 0.496 e. The molecule has 0 spiro atoms. The number of ether oxygens (including phenoxy) is 1. The first-order valence-electron chi connectivity index (χ1n) is 9.87. The normalized spacial score (nSPS) is 16.3. The first kappa shape index (κ1) is 19.1. The van der Waals surface area contributed by atoms with E-state index in [2.05, 4.69) is 47.3 Å². The van der Waals surface area contributed by atoms with Gasteiger partial charge in [-0.1, -0.05) is 29.5 Å². The van der Waals surface area contributed by atoms with Crippen LogP contribution in [0.3, 0.4) is 0 Å². The van der Waals surface area contributed by atoms with E-state index in [1.807, 2.05) is 6.07 Å². The maximum atomic E-state index is 11.4. The quantitative estimate of drug-likeness (QED) is 0.627. The average Bonchev–Trinajstić information content (AvgIpc) is 2.72. The molecule has 0 fully saturated rings. The van der Waals surface area contributed by atoms with Crippen LogP contribution in [0.1, 0.15) is 35.4 Å². The van der Waals surface area contributed by atoms with E-state index in [1.165, 1.54) is 40.9 Å². The molecule has 2 aromatic carbocycles. The zero-order valence-corrected chi connectivity index (χ0v) is 17.3. The fourth-order valence-electron chi connectivity index (χ4n) is 4.27. The van der Waals surface area contributed by atoms with Crippen LogP contribution in [0.25, 0.3) is 10.1 Å². The van der Waals surface area contributed by atoms with E-state index in [9.17, 15) is 4.79 Å². The van der Waals surface area contributed by atoms with Crippen LogP contribution in [0.2, 0.25) is 0 Å². The second-order valence-corrected chi connectivity index (χ2v) is 8.62. The second-order valence-electron chi connectivity index (χ2n) is 7.63. The zero-order valence-electron chi connectivity index (χ0n) is 16.5. The highest BCUT2D eigenvalue weighted by Gasteiger charge is 2.23. The van der Waals surface area contributed by atoms with Gasteiger partial charge in [-0.2, -0.15) is 0 Å². The highest BCUT2D eigenvalue weighted by molar-refractivity contribution is 7.15. The van der Waals surface area contributed by atoms with Crippen LogP contribution in [0, 0.1) is 0 Å². The number of methoxy groups -OCH3 is 1. The molecule has 1 unspecified atom stereocenters.